The molecule has 0 fully saturated rings. The summed E-state index contributed by atoms with van der Waals surface area (Å²) in [6, 6.07) is 48.8. The number of hydrogen-bond acceptors (Lipinski definition) is 4. The summed E-state index contributed by atoms with van der Waals surface area (Å²) < 4.78 is 0. The molecule has 0 aliphatic heterocycles. The molecule has 0 spiro atoms. The van der Waals surface area contributed by atoms with E-state index >= 15 is 0 Å². The van der Waals surface area contributed by atoms with Crippen molar-refractivity contribution in [3.05, 3.63) is 179 Å². The van der Waals surface area contributed by atoms with E-state index < -0.39 is 0 Å². The summed E-state index contributed by atoms with van der Waals surface area (Å²) in [6.07, 6.45) is 0. The molecule has 0 heterocycles. The molecule has 0 N–H and O–H groups in total. The standard InChI is InChI=1S/C50H36N6/c1-31(2)45-27-47(55(37-15-7-33(29-51)8-16-37)38-17-9-34(30-52)10-18-38)43-25-23-42-46(32(3)4)28-48(44-26-24-41(45)49(43)50(42)44)56(39-19-11-35(53-5)12-20-39)40-21-13-36(54-6)14-22-40/h7-28,31-32H,1-4H3. The average Bonchev–Trinajstić information content (AvgIpc) is 3.24. The van der Waals surface area contributed by atoms with Crippen LogP contribution in [0.2, 0.25) is 0 Å². The first-order valence-electron chi connectivity index (χ1n) is 18.6. The van der Waals surface area contributed by atoms with Gasteiger partial charge >= 0.3 is 0 Å². The van der Waals surface area contributed by atoms with E-state index in [1.165, 1.54) is 32.7 Å². The molecule has 266 valence electrons. The molecule has 8 rings (SSSR count). The van der Waals surface area contributed by atoms with Crippen molar-refractivity contribution in [2.75, 3.05) is 9.80 Å². The van der Waals surface area contributed by atoms with Gasteiger partial charge in [-0.05, 0) is 129 Å². The van der Waals surface area contributed by atoms with Crippen LogP contribution in [-0.2, 0) is 0 Å². The predicted molar refractivity (Wildman–Crippen MR) is 230 cm³/mol. The molecule has 0 unspecified atom stereocenters. The van der Waals surface area contributed by atoms with Gasteiger partial charge < -0.3 is 9.80 Å². The van der Waals surface area contributed by atoms with E-state index in [4.69, 9.17) is 13.1 Å². The Balaban J connectivity index is 1.50. The average molecular weight is 721 g/mol. The lowest BCUT2D eigenvalue weighted by Gasteiger charge is -2.31. The number of nitriles is 2. The minimum Gasteiger partial charge on any atom is -0.310 e. The van der Waals surface area contributed by atoms with Crippen LogP contribution < -0.4 is 9.80 Å². The molecule has 6 heteroatoms. The van der Waals surface area contributed by atoms with Crippen molar-refractivity contribution in [3.8, 4) is 12.1 Å². The van der Waals surface area contributed by atoms with E-state index in [0.717, 1.165) is 44.9 Å². The van der Waals surface area contributed by atoms with Crippen LogP contribution in [0.1, 0.15) is 61.8 Å². The summed E-state index contributed by atoms with van der Waals surface area (Å²) in [5.74, 6) is 0.400. The van der Waals surface area contributed by atoms with Gasteiger partial charge in [-0.25, -0.2) is 9.69 Å². The molecule has 0 aliphatic rings. The molecule has 8 aromatic rings. The molecule has 8 aromatic carbocycles. The molecular weight excluding hydrogens is 685 g/mol. The highest BCUT2D eigenvalue weighted by atomic mass is 15.2. The van der Waals surface area contributed by atoms with Crippen molar-refractivity contribution in [2.24, 2.45) is 0 Å². The number of hydrogen-bond donors (Lipinski definition) is 0. The molecule has 0 saturated heterocycles. The van der Waals surface area contributed by atoms with E-state index in [0.29, 0.717) is 22.5 Å². The fourth-order valence-electron chi connectivity index (χ4n) is 7.91. The molecule has 0 aromatic heterocycles. The van der Waals surface area contributed by atoms with Gasteiger partial charge in [-0.1, -0.05) is 76.2 Å². The maximum Gasteiger partial charge on any atom is 0.187 e. The molecule has 56 heavy (non-hydrogen) atoms. The summed E-state index contributed by atoms with van der Waals surface area (Å²) in [5.41, 5.74) is 10.4. The zero-order valence-corrected chi connectivity index (χ0v) is 31.5. The first-order valence-corrected chi connectivity index (χ1v) is 18.6. The normalized spacial score (nSPS) is 11.1. The maximum absolute atomic E-state index is 9.65. The van der Waals surface area contributed by atoms with Crippen molar-refractivity contribution < 1.29 is 0 Å². The van der Waals surface area contributed by atoms with E-state index in [2.05, 4.69) is 95.7 Å². The SMILES string of the molecule is [C-]#[N+]c1ccc(N(c2ccc([N+]#[C-])cc2)c2cc(C(C)C)c3ccc4c(N(c5ccc(C#N)cc5)c5ccc(C#N)cc5)cc(C(C)C)c5ccc2c3c54)cc1. The highest BCUT2D eigenvalue weighted by Gasteiger charge is 2.26. The topological polar surface area (TPSA) is 62.8 Å². The molecule has 0 atom stereocenters. The van der Waals surface area contributed by atoms with Gasteiger partial charge in [-0.15, -0.1) is 0 Å². The van der Waals surface area contributed by atoms with Gasteiger partial charge in [0.2, 0.25) is 0 Å². The van der Waals surface area contributed by atoms with E-state index in [-0.39, 0.29) is 11.8 Å². The molecule has 0 amide bonds. The quantitative estimate of drug-likeness (QED) is 0.116. The van der Waals surface area contributed by atoms with Crippen LogP contribution in [0.15, 0.2) is 133 Å². The van der Waals surface area contributed by atoms with Crippen LogP contribution in [0.3, 0.4) is 0 Å². The van der Waals surface area contributed by atoms with Crippen LogP contribution in [0.5, 0.6) is 0 Å². The summed E-state index contributed by atoms with van der Waals surface area (Å²) >= 11 is 0. The highest BCUT2D eigenvalue weighted by molar-refractivity contribution is 6.29. The van der Waals surface area contributed by atoms with Gasteiger partial charge in [0.05, 0.1) is 47.8 Å². The van der Waals surface area contributed by atoms with Crippen LogP contribution >= 0.6 is 0 Å². The summed E-state index contributed by atoms with van der Waals surface area (Å²) in [5, 5.41) is 26.2. The second-order valence-electron chi connectivity index (χ2n) is 14.6. The van der Waals surface area contributed by atoms with Crippen LogP contribution in [0.25, 0.3) is 42.0 Å². The van der Waals surface area contributed by atoms with E-state index in [9.17, 15) is 10.5 Å². The lowest BCUT2D eigenvalue weighted by molar-refractivity contribution is 0.875. The minimum atomic E-state index is 0.199. The zero-order chi connectivity index (χ0) is 39.1. The highest BCUT2D eigenvalue weighted by Crippen LogP contribution is 2.51. The van der Waals surface area contributed by atoms with Crippen LogP contribution in [-0.4, -0.2) is 0 Å². The first-order chi connectivity index (χ1) is 27.2. The Morgan fingerprint density at radius 2 is 0.750 bits per heavy atom. The van der Waals surface area contributed by atoms with E-state index in [1.54, 1.807) is 0 Å². The van der Waals surface area contributed by atoms with Crippen molar-refractivity contribution in [3.63, 3.8) is 0 Å². The second-order valence-corrected chi connectivity index (χ2v) is 14.6. The monoisotopic (exact) mass is 720 g/mol. The Morgan fingerprint density at radius 3 is 1.04 bits per heavy atom. The van der Waals surface area contributed by atoms with Crippen molar-refractivity contribution in [1.29, 1.82) is 10.5 Å². The molecule has 0 aliphatic carbocycles. The van der Waals surface area contributed by atoms with Gasteiger partial charge in [0.25, 0.3) is 0 Å². The Labute approximate surface area is 327 Å². The van der Waals surface area contributed by atoms with E-state index in [1.807, 2.05) is 97.1 Å². The maximum atomic E-state index is 9.65. The second kappa shape index (κ2) is 14.3. The van der Waals surface area contributed by atoms with Gasteiger partial charge in [0, 0.05) is 33.5 Å². The first kappa shape index (κ1) is 35.4. The third-order valence-electron chi connectivity index (χ3n) is 10.6. The lowest BCUT2D eigenvalue weighted by Crippen LogP contribution is -2.13. The minimum absolute atomic E-state index is 0.199. The smallest absolute Gasteiger partial charge is 0.187 e. The fraction of sp³-hybridized carbons (Fsp3) is 0.120. The van der Waals surface area contributed by atoms with Crippen molar-refractivity contribution in [1.82, 2.24) is 0 Å². The number of benzene rings is 8. The van der Waals surface area contributed by atoms with Gasteiger partial charge in [0.15, 0.2) is 11.4 Å². The third-order valence-corrected chi connectivity index (χ3v) is 10.6. The molecule has 0 bridgehead atoms. The lowest BCUT2D eigenvalue weighted by atomic mass is 9.84. The van der Waals surface area contributed by atoms with Gasteiger partial charge in [-0.2, -0.15) is 10.5 Å². The Bertz CT molecular complexity index is 2610. The van der Waals surface area contributed by atoms with Crippen LogP contribution in [0.4, 0.5) is 45.5 Å². The zero-order valence-electron chi connectivity index (χ0n) is 31.5. The summed E-state index contributed by atoms with van der Waals surface area (Å²) in [6.45, 7) is 24.1. The Morgan fingerprint density at radius 1 is 0.446 bits per heavy atom. The predicted octanol–water partition coefficient (Wildman–Crippen LogP) is 14.6. The van der Waals surface area contributed by atoms with Gasteiger partial charge in [0.1, 0.15) is 0 Å². The Kier molecular flexibility index (Phi) is 9.04. The molecule has 0 saturated carbocycles. The van der Waals surface area contributed by atoms with Crippen molar-refractivity contribution in [2.45, 2.75) is 39.5 Å². The summed E-state index contributed by atoms with van der Waals surface area (Å²) in [4.78, 5) is 11.8. The van der Waals surface area contributed by atoms with Gasteiger partial charge in [-0.3, -0.25) is 0 Å². The largest absolute Gasteiger partial charge is 0.310 e. The third kappa shape index (κ3) is 5.97. The molecule has 0 radical (unpaired) electrons. The summed E-state index contributed by atoms with van der Waals surface area (Å²) in [7, 11) is 0. The van der Waals surface area contributed by atoms with Crippen LogP contribution in [0, 0.1) is 35.8 Å². The number of rotatable bonds is 8. The number of nitrogens with zero attached hydrogens (tertiary/aromatic N) is 6. The van der Waals surface area contributed by atoms with Crippen molar-refractivity contribution >= 4 is 77.8 Å². The molecular formula is C50H36N6. The fourth-order valence-corrected chi connectivity index (χ4v) is 7.91. The molecule has 6 nitrogen and oxygen atoms in total. The number of anilines is 6. The Hall–Kier alpha value is -7.64.